The van der Waals surface area contributed by atoms with E-state index in [2.05, 4.69) is 16.0 Å². The number of aryl methyl sites for hydroxylation is 1. The highest BCUT2D eigenvalue weighted by atomic mass is 31.1. The Labute approximate surface area is 91.1 Å². The lowest BCUT2D eigenvalue weighted by atomic mass is 10.2. The molecule has 0 spiro atoms. The van der Waals surface area contributed by atoms with E-state index in [1.165, 1.54) is 19.8 Å². The Hall–Kier alpha value is -0.960. The van der Waals surface area contributed by atoms with E-state index in [4.69, 9.17) is 4.74 Å². The first-order chi connectivity index (χ1) is 7.13. The van der Waals surface area contributed by atoms with Crippen molar-refractivity contribution in [1.82, 2.24) is 0 Å². The van der Waals surface area contributed by atoms with Crippen LogP contribution in [0, 0.1) is 6.92 Å². The number of benzene rings is 1. The maximum absolute atomic E-state index is 9.88. The van der Waals surface area contributed by atoms with Crippen LogP contribution in [0.4, 0.5) is 0 Å². The van der Waals surface area contributed by atoms with Crippen molar-refractivity contribution in [3.05, 3.63) is 29.8 Å². The molecular weight excluding hydrogens is 215 g/mol. The fourth-order valence-electron chi connectivity index (χ4n) is 0.749. The highest BCUT2D eigenvalue weighted by Crippen LogP contribution is 2.18. The van der Waals surface area contributed by atoms with E-state index in [-0.39, 0.29) is 0 Å². The van der Waals surface area contributed by atoms with E-state index in [1.807, 2.05) is 24.3 Å². The molecule has 0 aliphatic rings. The number of hydrogen-bond donors (Lipinski definition) is 0. The lowest BCUT2D eigenvalue weighted by Gasteiger charge is -1.97. The third-order valence-corrected chi connectivity index (χ3v) is 2.15. The Bertz CT molecular complexity index is 278. The first-order valence-electron chi connectivity index (χ1n) is 4.30. The maximum Gasteiger partial charge on any atom is 0.696 e. The van der Waals surface area contributed by atoms with Gasteiger partial charge in [-0.05, 0) is 19.1 Å². The van der Waals surface area contributed by atoms with Crippen LogP contribution in [0.2, 0.25) is 0 Å². The van der Waals surface area contributed by atoms with Crippen LogP contribution in [0.1, 0.15) is 5.56 Å². The Morgan fingerprint density at radius 3 is 1.73 bits per heavy atom. The summed E-state index contributed by atoms with van der Waals surface area (Å²) >= 11 is 0. The fourth-order valence-corrected chi connectivity index (χ4v) is 0.898. The van der Waals surface area contributed by atoms with E-state index in [0.29, 0.717) is 0 Å². The quantitative estimate of drug-likeness (QED) is 0.750. The maximum atomic E-state index is 9.88. The molecule has 0 N–H and O–H groups in total. The Balaban J connectivity index is 0.000000288. The molecule has 84 valence electrons. The molecular formula is C10H16O4P+. The van der Waals surface area contributed by atoms with Crippen LogP contribution >= 0.6 is 8.25 Å². The molecule has 0 aliphatic heterocycles. The lowest BCUT2D eigenvalue weighted by molar-refractivity contribution is 0.302. The predicted molar refractivity (Wildman–Crippen MR) is 59.4 cm³/mol. The highest BCUT2D eigenvalue weighted by Gasteiger charge is 2.10. The SMILES string of the molecule is CO[P+](=O)OC.COc1ccc(C)cc1. The van der Waals surface area contributed by atoms with Gasteiger partial charge >= 0.3 is 8.25 Å². The molecule has 0 unspecified atom stereocenters. The van der Waals surface area contributed by atoms with Gasteiger partial charge in [-0.2, -0.15) is 0 Å². The zero-order valence-electron chi connectivity index (χ0n) is 9.39. The molecule has 0 heterocycles. The van der Waals surface area contributed by atoms with Gasteiger partial charge in [0.15, 0.2) is 0 Å². The molecule has 0 saturated carbocycles. The molecule has 0 bridgehead atoms. The predicted octanol–water partition coefficient (Wildman–Crippen LogP) is 2.94. The van der Waals surface area contributed by atoms with Gasteiger partial charge < -0.3 is 4.74 Å². The van der Waals surface area contributed by atoms with Crippen molar-refractivity contribution in [3.63, 3.8) is 0 Å². The first-order valence-corrected chi connectivity index (χ1v) is 5.39. The standard InChI is InChI=1S/C8H10O.C2H6O3P/c1-7-3-5-8(9-2)6-4-7;1-4-6(3)5-2/h3-6H,1-2H3;1-2H3/q;+1. The number of rotatable bonds is 3. The van der Waals surface area contributed by atoms with Gasteiger partial charge in [0.05, 0.1) is 21.3 Å². The van der Waals surface area contributed by atoms with Crippen LogP contribution in [-0.2, 0) is 13.6 Å². The summed E-state index contributed by atoms with van der Waals surface area (Å²) in [6.45, 7) is 2.06. The molecule has 0 atom stereocenters. The zero-order chi connectivity index (χ0) is 11.7. The van der Waals surface area contributed by atoms with Crippen LogP contribution < -0.4 is 4.74 Å². The summed E-state index contributed by atoms with van der Waals surface area (Å²) < 4.78 is 23.2. The van der Waals surface area contributed by atoms with Crippen molar-refractivity contribution in [1.29, 1.82) is 0 Å². The van der Waals surface area contributed by atoms with Crippen molar-refractivity contribution >= 4 is 8.25 Å². The number of hydrogen-bond acceptors (Lipinski definition) is 4. The molecule has 1 aromatic carbocycles. The minimum atomic E-state index is -1.83. The summed E-state index contributed by atoms with van der Waals surface area (Å²) in [5.74, 6) is 0.917. The summed E-state index contributed by atoms with van der Waals surface area (Å²) in [6, 6.07) is 7.96. The molecule has 5 heteroatoms. The van der Waals surface area contributed by atoms with Gasteiger partial charge in [-0.15, -0.1) is 9.05 Å². The molecule has 0 aromatic heterocycles. The van der Waals surface area contributed by atoms with Gasteiger partial charge in [-0.25, -0.2) is 0 Å². The highest BCUT2D eigenvalue weighted by molar-refractivity contribution is 7.33. The minimum absolute atomic E-state index is 0.917. The number of ether oxygens (including phenoxy) is 1. The third-order valence-electron chi connectivity index (χ3n) is 1.55. The third kappa shape index (κ3) is 7.03. The zero-order valence-corrected chi connectivity index (χ0v) is 10.3. The van der Waals surface area contributed by atoms with Crippen molar-refractivity contribution in [2.75, 3.05) is 21.3 Å². The summed E-state index contributed by atoms with van der Waals surface area (Å²) in [4.78, 5) is 0. The van der Waals surface area contributed by atoms with Gasteiger partial charge in [0.25, 0.3) is 0 Å². The topological polar surface area (TPSA) is 44.8 Å². The van der Waals surface area contributed by atoms with Crippen LogP contribution in [0.25, 0.3) is 0 Å². The summed E-state index contributed by atoms with van der Waals surface area (Å²) in [5.41, 5.74) is 1.26. The number of methoxy groups -OCH3 is 1. The van der Waals surface area contributed by atoms with Crippen molar-refractivity contribution in [2.24, 2.45) is 0 Å². The molecule has 15 heavy (non-hydrogen) atoms. The van der Waals surface area contributed by atoms with Crippen molar-refractivity contribution in [3.8, 4) is 5.75 Å². The Morgan fingerprint density at radius 1 is 1.00 bits per heavy atom. The summed E-state index contributed by atoms with van der Waals surface area (Å²) in [6.07, 6.45) is 0. The molecule has 4 nitrogen and oxygen atoms in total. The van der Waals surface area contributed by atoms with E-state index < -0.39 is 8.25 Å². The Kier molecular flexibility index (Phi) is 7.82. The first kappa shape index (κ1) is 14.0. The van der Waals surface area contributed by atoms with Crippen LogP contribution in [-0.4, -0.2) is 21.3 Å². The second-order valence-electron chi connectivity index (χ2n) is 2.61. The van der Waals surface area contributed by atoms with Crippen LogP contribution in [0.15, 0.2) is 24.3 Å². The van der Waals surface area contributed by atoms with E-state index in [9.17, 15) is 4.57 Å². The van der Waals surface area contributed by atoms with Gasteiger partial charge in [0.1, 0.15) is 5.75 Å². The second kappa shape index (κ2) is 8.36. The van der Waals surface area contributed by atoms with E-state index >= 15 is 0 Å². The van der Waals surface area contributed by atoms with Gasteiger partial charge in [0.2, 0.25) is 0 Å². The molecule has 0 fully saturated rings. The monoisotopic (exact) mass is 231 g/mol. The molecule has 0 radical (unpaired) electrons. The smallest absolute Gasteiger partial charge is 0.497 e. The average Bonchev–Trinajstić information content (AvgIpc) is 2.30. The van der Waals surface area contributed by atoms with Gasteiger partial charge in [-0.3, -0.25) is 0 Å². The van der Waals surface area contributed by atoms with Crippen molar-refractivity contribution in [2.45, 2.75) is 6.92 Å². The largest absolute Gasteiger partial charge is 0.696 e. The van der Waals surface area contributed by atoms with Gasteiger partial charge in [-0.1, -0.05) is 17.7 Å². The van der Waals surface area contributed by atoms with E-state index in [1.54, 1.807) is 7.11 Å². The van der Waals surface area contributed by atoms with Gasteiger partial charge in [0, 0.05) is 4.57 Å². The van der Waals surface area contributed by atoms with Crippen LogP contribution in [0.5, 0.6) is 5.75 Å². The van der Waals surface area contributed by atoms with Crippen molar-refractivity contribution < 1.29 is 18.3 Å². The molecule has 1 rings (SSSR count). The molecule has 0 amide bonds. The molecule has 1 aromatic rings. The van der Waals surface area contributed by atoms with Crippen LogP contribution in [0.3, 0.4) is 0 Å². The Morgan fingerprint density at radius 2 is 1.47 bits per heavy atom. The second-order valence-corrected chi connectivity index (χ2v) is 3.78. The minimum Gasteiger partial charge on any atom is -0.497 e. The molecule has 0 saturated heterocycles. The molecule has 0 aliphatic carbocycles. The average molecular weight is 231 g/mol. The summed E-state index contributed by atoms with van der Waals surface area (Å²) in [5, 5.41) is 0. The lowest BCUT2D eigenvalue weighted by Crippen LogP contribution is -1.80. The fraction of sp³-hybridized carbons (Fsp3) is 0.400. The summed E-state index contributed by atoms with van der Waals surface area (Å²) in [7, 11) is 2.49. The van der Waals surface area contributed by atoms with E-state index in [0.717, 1.165) is 5.75 Å². The normalized spacial score (nSPS) is 8.80.